The molecule has 0 spiro atoms. The molecule has 1 fully saturated rings. The van der Waals surface area contributed by atoms with Gasteiger partial charge in [0.15, 0.2) is 0 Å². The third-order valence-corrected chi connectivity index (χ3v) is 8.02. The number of anilines is 2. The highest BCUT2D eigenvalue weighted by Gasteiger charge is 2.35. The molecule has 2 heterocycles. The van der Waals surface area contributed by atoms with Gasteiger partial charge in [-0.3, -0.25) is 14.3 Å². The van der Waals surface area contributed by atoms with Crippen LogP contribution in [0.5, 0.6) is 5.75 Å². The molecular formula is C24H25N3O5S2. The average Bonchev–Trinajstić information content (AvgIpc) is 3.52. The molecule has 2 amide bonds. The predicted molar refractivity (Wildman–Crippen MR) is 132 cm³/mol. The fourth-order valence-corrected chi connectivity index (χ4v) is 5.90. The molecule has 0 bridgehead atoms. The quantitative estimate of drug-likeness (QED) is 0.509. The Bertz CT molecular complexity index is 1290. The molecule has 34 heavy (non-hydrogen) atoms. The minimum absolute atomic E-state index is 0.0547. The van der Waals surface area contributed by atoms with Gasteiger partial charge in [-0.05, 0) is 73.2 Å². The van der Waals surface area contributed by atoms with Crippen LogP contribution in [0.25, 0.3) is 0 Å². The van der Waals surface area contributed by atoms with Crippen molar-refractivity contribution >= 4 is 44.5 Å². The summed E-state index contributed by atoms with van der Waals surface area (Å²) in [5.41, 5.74) is 1.28. The molecule has 0 unspecified atom stereocenters. The third kappa shape index (κ3) is 5.07. The topological polar surface area (TPSA) is 105 Å². The highest BCUT2D eigenvalue weighted by atomic mass is 32.2. The number of carbonyl (C=O) groups excluding carboxylic acids is 2. The van der Waals surface area contributed by atoms with Gasteiger partial charge in [0.1, 0.15) is 11.8 Å². The van der Waals surface area contributed by atoms with Crippen molar-refractivity contribution in [1.82, 2.24) is 4.90 Å². The van der Waals surface area contributed by atoms with Gasteiger partial charge < -0.3 is 15.0 Å². The van der Waals surface area contributed by atoms with E-state index in [1.807, 2.05) is 5.38 Å². The monoisotopic (exact) mass is 499 g/mol. The lowest BCUT2D eigenvalue weighted by atomic mass is 10.2. The second-order valence-corrected chi connectivity index (χ2v) is 10.5. The van der Waals surface area contributed by atoms with Crippen LogP contribution in [0.4, 0.5) is 11.4 Å². The van der Waals surface area contributed by atoms with E-state index in [0.717, 1.165) is 6.42 Å². The number of ether oxygens (including phenoxy) is 1. The molecule has 8 nitrogen and oxygen atoms in total. The maximum Gasteiger partial charge on any atom is 0.264 e. The van der Waals surface area contributed by atoms with Crippen LogP contribution in [0.1, 0.15) is 28.1 Å². The van der Waals surface area contributed by atoms with Gasteiger partial charge >= 0.3 is 0 Å². The Morgan fingerprint density at radius 3 is 2.50 bits per heavy atom. The summed E-state index contributed by atoms with van der Waals surface area (Å²) in [6.07, 6.45) is 1.29. The van der Waals surface area contributed by atoms with E-state index < -0.39 is 16.1 Å². The van der Waals surface area contributed by atoms with Crippen LogP contribution in [0.3, 0.4) is 0 Å². The molecule has 2 aromatic carbocycles. The lowest BCUT2D eigenvalue weighted by Crippen LogP contribution is -2.43. The molecule has 10 heteroatoms. The fourth-order valence-electron chi connectivity index (χ4n) is 3.89. The number of likely N-dealkylation sites (tertiary alicyclic amines) is 1. The van der Waals surface area contributed by atoms with E-state index in [1.165, 1.54) is 24.5 Å². The van der Waals surface area contributed by atoms with Gasteiger partial charge in [-0.25, -0.2) is 8.42 Å². The van der Waals surface area contributed by atoms with Crippen molar-refractivity contribution in [2.24, 2.45) is 0 Å². The second-order valence-electron chi connectivity index (χ2n) is 7.94. The lowest BCUT2D eigenvalue weighted by molar-refractivity contribution is -0.119. The van der Waals surface area contributed by atoms with Crippen molar-refractivity contribution < 1.29 is 22.7 Å². The summed E-state index contributed by atoms with van der Waals surface area (Å²) in [4.78, 5) is 28.0. The van der Waals surface area contributed by atoms with Crippen molar-refractivity contribution in [2.45, 2.75) is 30.7 Å². The van der Waals surface area contributed by atoms with Crippen LogP contribution in [0.15, 0.2) is 64.9 Å². The zero-order valence-corrected chi connectivity index (χ0v) is 20.4. The Kier molecular flexibility index (Phi) is 6.90. The third-order valence-electron chi connectivity index (χ3n) is 5.64. The molecular weight excluding hydrogens is 474 g/mol. The number of carbonyl (C=O) groups is 2. The first-order chi connectivity index (χ1) is 16.3. The summed E-state index contributed by atoms with van der Waals surface area (Å²) in [5, 5.41) is 4.62. The van der Waals surface area contributed by atoms with Crippen LogP contribution in [-0.4, -0.2) is 44.8 Å². The number of thiophene rings is 1. The standard InChI is InChI=1S/C24H25N3O5S2/c1-16-7-8-18(15-22(16)34(30,31)26-17-9-11-19(32-2)12-10-17)25-23(28)20-5-3-13-27(20)24(29)21-6-4-14-33-21/h4,6-12,14-15,20,26H,3,5,13H2,1-2H3,(H,25,28)/t20-/m1/s1. The fraction of sp³-hybridized carbons (Fsp3) is 0.250. The van der Waals surface area contributed by atoms with E-state index in [4.69, 9.17) is 4.74 Å². The Hall–Kier alpha value is -3.37. The number of rotatable bonds is 7. The maximum atomic E-state index is 13.0. The zero-order valence-electron chi connectivity index (χ0n) is 18.8. The van der Waals surface area contributed by atoms with Gasteiger partial charge in [0.05, 0.1) is 16.9 Å². The molecule has 1 aliphatic rings. The van der Waals surface area contributed by atoms with Crippen molar-refractivity contribution in [3.05, 3.63) is 70.4 Å². The van der Waals surface area contributed by atoms with E-state index >= 15 is 0 Å². The molecule has 0 radical (unpaired) electrons. The summed E-state index contributed by atoms with van der Waals surface area (Å²) in [7, 11) is -2.37. The van der Waals surface area contributed by atoms with Crippen LogP contribution >= 0.6 is 11.3 Å². The number of nitrogens with zero attached hydrogens (tertiary/aromatic N) is 1. The molecule has 0 saturated carbocycles. The molecule has 178 valence electrons. The minimum Gasteiger partial charge on any atom is -0.497 e. The van der Waals surface area contributed by atoms with E-state index in [-0.39, 0.29) is 16.7 Å². The molecule has 2 N–H and O–H groups in total. The molecule has 1 aliphatic heterocycles. The summed E-state index contributed by atoms with van der Waals surface area (Å²) in [6, 6.07) is 14.2. The molecule has 1 atom stereocenters. The number of nitrogens with one attached hydrogen (secondary N) is 2. The first-order valence-electron chi connectivity index (χ1n) is 10.7. The van der Waals surface area contributed by atoms with Crippen LogP contribution in [-0.2, 0) is 14.8 Å². The summed E-state index contributed by atoms with van der Waals surface area (Å²) in [5.74, 6) is 0.114. The Labute approximate surface area is 202 Å². The highest BCUT2D eigenvalue weighted by Crippen LogP contribution is 2.26. The molecule has 1 saturated heterocycles. The van der Waals surface area contributed by atoms with Gasteiger partial charge in [0.2, 0.25) is 5.91 Å². The first-order valence-corrected chi connectivity index (χ1v) is 13.1. The van der Waals surface area contributed by atoms with E-state index in [2.05, 4.69) is 10.0 Å². The van der Waals surface area contributed by atoms with E-state index in [0.29, 0.717) is 40.5 Å². The van der Waals surface area contributed by atoms with Crippen molar-refractivity contribution in [3.63, 3.8) is 0 Å². The predicted octanol–water partition coefficient (Wildman–Crippen LogP) is 4.11. The summed E-state index contributed by atoms with van der Waals surface area (Å²) < 4.78 is 33.7. The number of hydrogen-bond donors (Lipinski definition) is 2. The average molecular weight is 500 g/mol. The minimum atomic E-state index is -3.90. The number of aryl methyl sites for hydroxylation is 1. The number of methoxy groups -OCH3 is 1. The Balaban J connectivity index is 1.51. The Morgan fingerprint density at radius 2 is 1.82 bits per heavy atom. The number of hydrogen-bond acceptors (Lipinski definition) is 6. The number of sulfonamides is 1. The molecule has 3 aromatic rings. The summed E-state index contributed by atoms with van der Waals surface area (Å²) >= 11 is 1.34. The van der Waals surface area contributed by atoms with Crippen LogP contribution in [0.2, 0.25) is 0 Å². The SMILES string of the molecule is COc1ccc(NS(=O)(=O)c2cc(NC(=O)[C@H]3CCCN3C(=O)c3cccs3)ccc2C)cc1. The largest absolute Gasteiger partial charge is 0.497 e. The molecule has 4 rings (SSSR count). The Morgan fingerprint density at radius 1 is 1.09 bits per heavy atom. The number of amides is 2. The van der Waals surface area contributed by atoms with Gasteiger partial charge in [-0.2, -0.15) is 0 Å². The maximum absolute atomic E-state index is 13.0. The van der Waals surface area contributed by atoms with Gasteiger partial charge in [0.25, 0.3) is 15.9 Å². The number of benzene rings is 2. The highest BCUT2D eigenvalue weighted by molar-refractivity contribution is 7.92. The van der Waals surface area contributed by atoms with Gasteiger partial charge in [0, 0.05) is 17.9 Å². The van der Waals surface area contributed by atoms with Crippen LogP contribution in [0, 0.1) is 6.92 Å². The van der Waals surface area contributed by atoms with Crippen molar-refractivity contribution in [1.29, 1.82) is 0 Å². The van der Waals surface area contributed by atoms with Crippen molar-refractivity contribution in [2.75, 3.05) is 23.7 Å². The van der Waals surface area contributed by atoms with E-state index in [9.17, 15) is 18.0 Å². The first kappa shape index (κ1) is 23.8. The summed E-state index contributed by atoms with van der Waals surface area (Å²) in [6.45, 7) is 2.20. The smallest absolute Gasteiger partial charge is 0.264 e. The normalized spacial score (nSPS) is 15.7. The van der Waals surface area contributed by atoms with Gasteiger partial charge in [-0.1, -0.05) is 12.1 Å². The zero-order chi connectivity index (χ0) is 24.3. The molecule has 0 aliphatic carbocycles. The van der Waals surface area contributed by atoms with Crippen LogP contribution < -0.4 is 14.8 Å². The van der Waals surface area contributed by atoms with E-state index in [1.54, 1.807) is 60.4 Å². The van der Waals surface area contributed by atoms with Gasteiger partial charge in [-0.15, -0.1) is 11.3 Å². The van der Waals surface area contributed by atoms with Crippen molar-refractivity contribution in [3.8, 4) is 5.75 Å². The lowest BCUT2D eigenvalue weighted by Gasteiger charge is -2.23. The molecule has 1 aromatic heterocycles. The second kappa shape index (κ2) is 9.86.